The third kappa shape index (κ3) is 5.63. The summed E-state index contributed by atoms with van der Waals surface area (Å²) in [5.74, 6) is -0.296. The minimum absolute atomic E-state index is 0.0846. The zero-order valence-electron chi connectivity index (χ0n) is 17.9. The number of nitrogens with zero attached hydrogens (tertiary/aromatic N) is 1. The highest BCUT2D eigenvalue weighted by Crippen LogP contribution is 2.35. The Kier molecular flexibility index (Phi) is 7.01. The highest BCUT2D eigenvalue weighted by Gasteiger charge is 2.41. The van der Waals surface area contributed by atoms with Gasteiger partial charge in [0.2, 0.25) is 0 Å². The SMILES string of the molecule is O=C(NCc1ccc(Cl)cc1)C1=CC2(CCN(C(=S)Nc3ccccc3C(F)(F)F)CC2)ON1. The molecule has 2 aromatic rings. The van der Waals surface area contributed by atoms with Crippen LogP contribution in [-0.4, -0.2) is 34.6 Å². The van der Waals surface area contributed by atoms with Crippen molar-refractivity contribution in [3.8, 4) is 0 Å². The van der Waals surface area contributed by atoms with Crippen LogP contribution in [0.4, 0.5) is 18.9 Å². The minimum Gasteiger partial charge on any atom is -0.349 e. The fourth-order valence-corrected chi connectivity index (χ4v) is 4.26. The predicted octanol–water partition coefficient (Wildman–Crippen LogP) is 4.63. The van der Waals surface area contributed by atoms with E-state index < -0.39 is 17.3 Å². The maximum Gasteiger partial charge on any atom is 0.418 e. The molecule has 3 N–H and O–H groups in total. The number of rotatable bonds is 4. The lowest BCUT2D eigenvalue weighted by Gasteiger charge is -2.38. The number of hydrogen-bond acceptors (Lipinski definition) is 4. The van der Waals surface area contributed by atoms with E-state index in [0.29, 0.717) is 43.2 Å². The van der Waals surface area contributed by atoms with Crippen LogP contribution in [0, 0.1) is 0 Å². The van der Waals surface area contributed by atoms with E-state index in [-0.39, 0.29) is 16.7 Å². The maximum atomic E-state index is 13.2. The zero-order chi connectivity index (χ0) is 24.3. The quantitative estimate of drug-likeness (QED) is 0.521. The number of alkyl halides is 3. The molecule has 0 radical (unpaired) electrons. The van der Waals surface area contributed by atoms with Gasteiger partial charge in [0.25, 0.3) is 5.91 Å². The number of piperidine rings is 1. The smallest absolute Gasteiger partial charge is 0.349 e. The maximum absolute atomic E-state index is 13.2. The van der Waals surface area contributed by atoms with Gasteiger partial charge in [0, 0.05) is 37.5 Å². The predicted molar refractivity (Wildman–Crippen MR) is 127 cm³/mol. The van der Waals surface area contributed by atoms with Gasteiger partial charge in [-0.25, -0.2) is 0 Å². The van der Waals surface area contributed by atoms with Crippen molar-refractivity contribution < 1.29 is 22.8 Å². The number of halogens is 4. The van der Waals surface area contributed by atoms with Gasteiger partial charge >= 0.3 is 6.18 Å². The first kappa shape index (κ1) is 24.3. The fraction of sp³-hybridized carbons (Fsp3) is 0.304. The van der Waals surface area contributed by atoms with E-state index in [1.807, 2.05) is 12.1 Å². The molecule has 0 aliphatic carbocycles. The summed E-state index contributed by atoms with van der Waals surface area (Å²) >= 11 is 11.2. The number of thiocarbonyl (C=S) groups is 1. The van der Waals surface area contributed by atoms with E-state index in [0.717, 1.165) is 11.6 Å². The highest BCUT2D eigenvalue weighted by molar-refractivity contribution is 7.80. The molecule has 0 bridgehead atoms. The molecule has 2 aromatic carbocycles. The summed E-state index contributed by atoms with van der Waals surface area (Å²) < 4.78 is 39.7. The van der Waals surface area contributed by atoms with E-state index in [9.17, 15) is 18.0 Å². The molecule has 1 spiro atoms. The van der Waals surface area contributed by atoms with Gasteiger partial charge < -0.3 is 15.5 Å². The van der Waals surface area contributed by atoms with E-state index in [4.69, 9.17) is 28.7 Å². The molecule has 2 aliphatic rings. The molecule has 1 fully saturated rings. The first-order valence-electron chi connectivity index (χ1n) is 10.6. The molecule has 0 aromatic heterocycles. The lowest BCUT2D eigenvalue weighted by atomic mass is 9.91. The molecular weight excluding hydrogens is 489 g/mol. The van der Waals surface area contributed by atoms with Gasteiger partial charge in [0.1, 0.15) is 11.3 Å². The molecule has 34 heavy (non-hydrogen) atoms. The van der Waals surface area contributed by atoms with Crippen molar-refractivity contribution in [1.82, 2.24) is 15.7 Å². The van der Waals surface area contributed by atoms with Crippen LogP contribution in [0.3, 0.4) is 0 Å². The number of hydroxylamine groups is 1. The van der Waals surface area contributed by atoms with Crippen LogP contribution in [0.1, 0.15) is 24.0 Å². The molecule has 2 aliphatic heterocycles. The molecular formula is C23H22ClF3N4O2S. The molecule has 1 saturated heterocycles. The molecule has 0 saturated carbocycles. The molecule has 11 heteroatoms. The third-order valence-electron chi connectivity index (χ3n) is 5.75. The number of amides is 1. The van der Waals surface area contributed by atoms with Crippen LogP contribution >= 0.6 is 23.8 Å². The van der Waals surface area contributed by atoms with Crippen molar-refractivity contribution in [2.45, 2.75) is 31.2 Å². The number of nitrogens with one attached hydrogen (secondary N) is 3. The Hall–Kier alpha value is -2.82. The fourth-order valence-electron chi connectivity index (χ4n) is 3.84. The van der Waals surface area contributed by atoms with Crippen molar-refractivity contribution in [3.05, 3.63) is 76.5 Å². The number of para-hydroxylation sites is 1. The Balaban J connectivity index is 1.32. The van der Waals surface area contributed by atoms with Crippen LogP contribution in [0.25, 0.3) is 0 Å². The average Bonchev–Trinajstić information content (AvgIpc) is 3.22. The van der Waals surface area contributed by atoms with Gasteiger partial charge in [-0.15, -0.1) is 0 Å². The van der Waals surface area contributed by atoms with Gasteiger partial charge in [0.05, 0.1) is 11.3 Å². The van der Waals surface area contributed by atoms with Crippen LogP contribution in [0.2, 0.25) is 5.02 Å². The van der Waals surface area contributed by atoms with Crippen molar-refractivity contribution in [3.63, 3.8) is 0 Å². The number of benzene rings is 2. The number of likely N-dealkylation sites (tertiary alicyclic amines) is 1. The normalized spacial score (nSPS) is 17.2. The lowest BCUT2D eigenvalue weighted by Crippen LogP contribution is -2.48. The molecule has 4 rings (SSSR count). The Morgan fingerprint density at radius 2 is 1.82 bits per heavy atom. The first-order chi connectivity index (χ1) is 16.2. The topological polar surface area (TPSA) is 65.6 Å². The molecule has 2 heterocycles. The summed E-state index contributed by atoms with van der Waals surface area (Å²) in [6, 6.07) is 12.4. The van der Waals surface area contributed by atoms with Crippen LogP contribution < -0.4 is 16.1 Å². The summed E-state index contributed by atoms with van der Waals surface area (Å²) in [5.41, 5.74) is 2.40. The largest absolute Gasteiger partial charge is 0.418 e. The van der Waals surface area contributed by atoms with E-state index in [2.05, 4.69) is 16.1 Å². The van der Waals surface area contributed by atoms with E-state index in [1.165, 1.54) is 18.2 Å². The van der Waals surface area contributed by atoms with E-state index >= 15 is 0 Å². The van der Waals surface area contributed by atoms with Gasteiger partial charge in [-0.05, 0) is 48.1 Å². The van der Waals surface area contributed by atoms with Crippen LogP contribution in [-0.2, 0) is 22.4 Å². The summed E-state index contributed by atoms with van der Waals surface area (Å²) in [5, 5.41) is 6.38. The summed E-state index contributed by atoms with van der Waals surface area (Å²) in [7, 11) is 0. The standard InChI is InChI=1S/C23H22ClF3N4O2S/c24-16-7-5-15(6-8-16)14-28-20(32)19-13-22(33-30-19)9-11-31(12-10-22)21(34)29-18-4-2-1-3-17(18)23(25,26)27/h1-8,13,30H,9-12,14H2,(H,28,32)(H,29,34). The number of carbonyl (C=O) groups excluding carboxylic acids is 1. The second-order valence-corrected chi connectivity index (χ2v) is 8.92. The monoisotopic (exact) mass is 510 g/mol. The molecule has 180 valence electrons. The second-order valence-electron chi connectivity index (χ2n) is 8.10. The van der Waals surface area contributed by atoms with Crippen molar-refractivity contribution >= 4 is 40.5 Å². The Morgan fingerprint density at radius 3 is 2.50 bits per heavy atom. The molecule has 1 amide bonds. The number of hydrogen-bond donors (Lipinski definition) is 3. The van der Waals surface area contributed by atoms with Crippen LogP contribution in [0.5, 0.6) is 0 Å². The Bertz CT molecular complexity index is 1100. The number of carbonyl (C=O) groups is 1. The summed E-state index contributed by atoms with van der Waals surface area (Å²) in [6.07, 6.45) is -1.70. The molecule has 0 atom stereocenters. The van der Waals surface area contributed by atoms with Gasteiger partial charge in [-0.1, -0.05) is 35.9 Å². The zero-order valence-corrected chi connectivity index (χ0v) is 19.5. The molecule has 0 unspecified atom stereocenters. The number of anilines is 1. The van der Waals surface area contributed by atoms with Crippen LogP contribution in [0.15, 0.2) is 60.3 Å². The van der Waals surface area contributed by atoms with Gasteiger partial charge in [0.15, 0.2) is 5.11 Å². The third-order valence-corrected chi connectivity index (χ3v) is 6.37. The van der Waals surface area contributed by atoms with E-state index in [1.54, 1.807) is 23.1 Å². The van der Waals surface area contributed by atoms with Crippen molar-refractivity contribution in [1.29, 1.82) is 0 Å². The second kappa shape index (κ2) is 9.81. The highest BCUT2D eigenvalue weighted by atomic mass is 35.5. The Labute approximate surface area is 205 Å². The minimum atomic E-state index is -4.48. The van der Waals surface area contributed by atoms with Gasteiger partial charge in [-0.3, -0.25) is 15.1 Å². The lowest BCUT2D eigenvalue weighted by molar-refractivity contribution is -0.136. The summed E-state index contributed by atoms with van der Waals surface area (Å²) in [4.78, 5) is 20.0. The van der Waals surface area contributed by atoms with Crippen molar-refractivity contribution in [2.24, 2.45) is 0 Å². The first-order valence-corrected chi connectivity index (χ1v) is 11.4. The van der Waals surface area contributed by atoms with Crippen molar-refractivity contribution in [2.75, 3.05) is 18.4 Å². The average molecular weight is 511 g/mol. The molecule has 6 nitrogen and oxygen atoms in total. The van der Waals surface area contributed by atoms with Gasteiger partial charge in [-0.2, -0.15) is 13.2 Å². The Morgan fingerprint density at radius 1 is 1.15 bits per heavy atom. The summed E-state index contributed by atoms with van der Waals surface area (Å²) in [6.45, 7) is 1.25.